The van der Waals surface area contributed by atoms with E-state index in [4.69, 9.17) is 5.11 Å². The van der Waals surface area contributed by atoms with Crippen molar-refractivity contribution in [2.24, 2.45) is 4.99 Å². The lowest BCUT2D eigenvalue weighted by atomic mass is 10.2. The molecule has 0 aliphatic heterocycles. The first-order valence-corrected chi connectivity index (χ1v) is 5.60. The predicted molar refractivity (Wildman–Crippen MR) is 72.1 cm³/mol. The van der Waals surface area contributed by atoms with Crippen LogP contribution in [0.5, 0.6) is 17.2 Å². The maximum absolute atomic E-state index is 10.7. The summed E-state index contributed by atoms with van der Waals surface area (Å²) in [4.78, 5) is 14.7. The molecule has 0 aliphatic rings. The predicted octanol–water partition coefficient (Wildman–Crippen LogP) is 2.25. The zero-order valence-corrected chi connectivity index (χ0v) is 10.2. The zero-order chi connectivity index (χ0) is 14.7. The van der Waals surface area contributed by atoms with E-state index in [2.05, 4.69) is 4.99 Å². The maximum atomic E-state index is 10.7. The third-order valence-corrected chi connectivity index (χ3v) is 2.58. The first kappa shape index (κ1) is 13.4. The minimum absolute atomic E-state index is 0.0201. The molecule has 0 amide bonds. The molecule has 0 saturated heterocycles. The van der Waals surface area contributed by atoms with E-state index in [1.54, 1.807) is 0 Å². The van der Waals surface area contributed by atoms with Gasteiger partial charge in [-0.2, -0.15) is 0 Å². The van der Waals surface area contributed by atoms with Gasteiger partial charge in [0, 0.05) is 17.8 Å². The van der Waals surface area contributed by atoms with Gasteiger partial charge >= 0.3 is 5.97 Å². The Kier molecular flexibility index (Phi) is 3.56. The molecule has 2 aromatic carbocycles. The molecule has 2 rings (SSSR count). The fourth-order valence-corrected chi connectivity index (χ4v) is 1.57. The van der Waals surface area contributed by atoms with Crippen LogP contribution in [0.25, 0.3) is 0 Å². The largest absolute Gasteiger partial charge is 0.508 e. The number of aromatic hydroxyl groups is 3. The van der Waals surface area contributed by atoms with E-state index in [9.17, 15) is 20.1 Å². The van der Waals surface area contributed by atoms with Gasteiger partial charge in [0.15, 0.2) is 0 Å². The number of rotatable bonds is 3. The van der Waals surface area contributed by atoms with Gasteiger partial charge in [-0.05, 0) is 30.3 Å². The van der Waals surface area contributed by atoms with E-state index in [1.807, 2.05) is 0 Å². The van der Waals surface area contributed by atoms with Gasteiger partial charge in [-0.1, -0.05) is 0 Å². The fourth-order valence-electron chi connectivity index (χ4n) is 1.57. The summed E-state index contributed by atoms with van der Waals surface area (Å²) in [5, 5.41) is 37.1. The summed E-state index contributed by atoms with van der Waals surface area (Å²) in [5.41, 5.74) is 0.395. The van der Waals surface area contributed by atoms with Crippen LogP contribution in [0.4, 0.5) is 5.69 Å². The fraction of sp³-hybridized carbons (Fsp3) is 0. The van der Waals surface area contributed by atoms with Crippen molar-refractivity contribution in [3.8, 4) is 17.2 Å². The standard InChI is InChI=1S/C14H11NO5/c16-10-2-4-12(17)8(5-10)7-15-9-1-3-11(14(19)20)13(18)6-9/h1-7,16-18H,(H,19,20). The molecule has 0 unspecified atom stereocenters. The molecule has 2 aromatic rings. The van der Waals surface area contributed by atoms with Crippen molar-refractivity contribution in [1.29, 1.82) is 0 Å². The average molecular weight is 273 g/mol. The molecule has 4 N–H and O–H groups in total. The number of carboxylic acid groups (broad SMARTS) is 1. The van der Waals surface area contributed by atoms with Crippen molar-refractivity contribution >= 4 is 17.9 Å². The third-order valence-electron chi connectivity index (χ3n) is 2.58. The second-order valence-corrected chi connectivity index (χ2v) is 4.01. The summed E-state index contributed by atoms with van der Waals surface area (Å²) in [6.07, 6.45) is 1.30. The molecule has 20 heavy (non-hydrogen) atoms. The van der Waals surface area contributed by atoms with E-state index < -0.39 is 11.7 Å². The molecule has 0 heterocycles. The van der Waals surface area contributed by atoms with Crippen molar-refractivity contribution in [2.45, 2.75) is 0 Å². The van der Waals surface area contributed by atoms with Crippen molar-refractivity contribution in [2.75, 3.05) is 0 Å². The molecule has 0 radical (unpaired) electrons. The summed E-state index contributed by atoms with van der Waals surface area (Å²) in [5.74, 6) is -1.71. The summed E-state index contributed by atoms with van der Waals surface area (Å²) < 4.78 is 0. The lowest BCUT2D eigenvalue weighted by Crippen LogP contribution is -1.95. The Labute approximate surface area is 113 Å². The van der Waals surface area contributed by atoms with Gasteiger partial charge in [-0.15, -0.1) is 0 Å². The minimum Gasteiger partial charge on any atom is -0.508 e. The molecule has 6 nitrogen and oxygen atoms in total. The Morgan fingerprint density at radius 3 is 2.40 bits per heavy atom. The molecule has 0 saturated carbocycles. The highest BCUT2D eigenvalue weighted by Gasteiger charge is 2.09. The van der Waals surface area contributed by atoms with E-state index in [0.29, 0.717) is 11.3 Å². The number of aromatic carboxylic acids is 1. The van der Waals surface area contributed by atoms with Gasteiger partial charge < -0.3 is 20.4 Å². The van der Waals surface area contributed by atoms with E-state index in [0.717, 1.165) is 0 Å². The third kappa shape index (κ3) is 2.86. The zero-order valence-electron chi connectivity index (χ0n) is 10.2. The van der Waals surface area contributed by atoms with Crippen LogP contribution in [-0.4, -0.2) is 32.6 Å². The van der Waals surface area contributed by atoms with Crippen LogP contribution in [-0.2, 0) is 0 Å². The highest BCUT2D eigenvalue weighted by molar-refractivity contribution is 5.92. The Morgan fingerprint density at radius 1 is 1.00 bits per heavy atom. The highest BCUT2D eigenvalue weighted by Crippen LogP contribution is 2.25. The quantitative estimate of drug-likeness (QED) is 0.506. The second-order valence-electron chi connectivity index (χ2n) is 4.01. The number of carbonyl (C=O) groups is 1. The van der Waals surface area contributed by atoms with Crippen molar-refractivity contribution in [3.63, 3.8) is 0 Å². The number of carboxylic acids is 1. The van der Waals surface area contributed by atoms with Crippen molar-refractivity contribution in [3.05, 3.63) is 47.5 Å². The number of hydrogen-bond acceptors (Lipinski definition) is 5. The monoisotopic (exact) mass is 273 g/mol. The van der Waals surface area contributed by atoms with Crippen LogP contribution in [0.1, 0.15) is 15.9 Å². The lowest BCUT2D eigenvalue weighted by Gasteiger charge is -2.01. The number of nitrogens with zero attached hydrogens (tertiary/aromatic N) is 1. The van der Waals surface area contributed by atoms with Crippen LogP contribution in [0.3, 0.4) is 0 Å². The Bertz CT molecular complexity index is 694. The second kappa shape index (κ2) is 5.31. The van der Waals surface area contributed by atoms with Gasteiger partial charge in [0.2, 0.25) is 0 Å². The lowest BCUT2D eigenvalue weighted by molar-refractivity contribution is 0.0694. The Morgan fingerprint density at radius 2 is 1.75 bits per heavy atom. The van der Waals surface area contributed by atoms with Gasteiger partial charge in [-0.25, -0.2) is 4.79 Å². The van der Waals surface area contributed by atoms with Crippen LogP contribution in [0, 0.1) is 0 Å². The molecular formula is C14H11NO5. The van der Waals surface area contributed by atoms with E-state index in [1.165, 1.54) is 42.6 Å². The van der Waals surface area contributed by atoms with Gasteiger partial charge in [0.25, 0.3) is 0 Å². The SMILES string of the molecule is O=C(O)c1ccc(N=Cc2cc(O)ccc2O)cc1O. The first-order valence-electron chi connectivity index (χ1n) is 5.60. The molecule has 102 valence electrons. The molecule has 0 aliphatic carbocycles. The summed E-state index contributed by atoms with van der Waals surface area (Å²) in [6, 6.07) is 7.82. The van der Waals surface area contributed by atoms with Gasteiger partial charge in [-0.3, -0.25) is 4.99 Å². The van der Waals surface area contributed by atoms with Crippen LogP contribution >= 0.6 is 0 Å². The number of aliphatic imine (C=N–C) groups is 1. The number of phenols is 3. The Balaban J connectivity index is 2.30. The topological polar surface area (TPSA) is 110 Å². The maximum Gasteiger partial charge on any atom is 0.339 e. The summed E-state index contributed by atoms with van der Waals surface area (Å²) in [6.45, 7) is 0. The first-order chi connectivity index (χ1) is 9.47. The average Bonchev–Trinajstić information content (AvgIpc) is 2.39. The normalized spacial score (nSPS) is 10.8. The van der Waals surface area contributed by atoms with Crippen LogP contribution < -0.4 is 0 Å². The van der Waals surface area contributed by atoms with E-state index in [-0.39, 0.29) is 17.1 Å². The smallest absolute Gasteiger partial charge is 0.339 e. The van der Waals surface area contributed by atoms with Crippen molar-refractivity contribution < 1.29 is 25.2 Å². The molecule has 0 spiro atoms. The minimum atomic E-state index is -1.23. The number of phenolic OH excluding ortho intramolecular Hbond substituents is 2. The molecular weight excluding hydrogens is 262 g/mol. The van der Waals surface area contributed by atoms with Crippen LogP contribution in [0.2, 0.25) is 0 Å². The number of hydrogen-bond donors (Lipinski definition) is 4. The molecule has 0 bridgehead atoms. The van der Waals surface area contributed by atoms with Crippen molar-refractivity contribution in [1.82, 2.24) is 0 Å². The molecule has 0 fully saturated rings. The molecule has 0 aromatic heterocycles. The summed E-state index contributed by atoms with van der Waals surface area (Å²) >= 11 is 0. The highest BCUT2D eigenvalue weighted by atomic mass is 16.4. The molecule has 6 heteroatoms. The number of benzene rings is 2. The van der Waals surface area contributed by atoms with Gasteiger partial charge in [0.05, 0.1) is 5.69 Å². The molecule has 0 atom stereocenters. The summed E-state index contributed by atoms with van der Waals surface area (Å²) in [7, 11) is 0. The van der Waals surface area contributed by atoms with Gasteiger partial charge in [0.1, 0.15) is 22.8 Å². The van der Waals surface area contributed by atoms with Crippen LogP contribution in [0.15, 0.2) is 41.4 Å². The Hall–Kier alpha value is -3.02. The van der Waals surface area contributed by atoms with E-state index >= 15 is 0 Å².